The Balaban J connectivity index is 1.70. The lowest BCUT2D eigenvalue weighted by molar-refractivity contribution is -0.127. The van der Waals surface area contributed by atoms with Gasteiger partial charge in [0.2, 0.25) is 0 Å². The molecule has 0 bridgehead atoms. The Morgan fingerprint density at radius 1 is 1.16 bits per heavy atom. The van der Waals surface area contributed by atoms with Crippen LogP contribution in [-0.4, -0.2) is 24.3 Å². The Hall–Kier alpha value is -1.94. The first-order valence-electron chi connectivity index (χ1n) is 8.61. The van der Waals surface area contributed by atoms with Crippen molar-refractivity contribution in [3.63, 3.8) is 0 Å². The highest BCUT2D eigenvalue weighted by Crippen LogP contribution is 2.21. The van der Waals surface area contributed by atoms with E-state index in [1.807, 2.05) is 43.8 Å². The summed E-state index contributed by atoms with van der Waals surface area (Å²) in [6, 6.07) is 14.4. The number of ether oxygens (including phenoxy) is 1. The zero-order valence-electron chi connectivity index (χ0n) is 15.5. The maximum Gasteiger partial charge on any atom is 0.260 e. The molecule has 0 spiro atoms. The number of carbonyl (C=O) groups is 1. The summed E-state index contributed by atoms with van der Waals surface area (Å²) in [5.41, 5.74) is 4.85. The van der Waals surface area contributed by atoms with E-state index in [2.05, 4.69) is 36.5 Å². The molecule has 134 valence electrons. The van der Waals surface area contributed by atoms with Crippen molar-refractivity contribution in [2.45, 2.75) is 39.6 Å². The fourth-order valence-corrected chi connectivity index (χ4v) is 3.28. The lowest BCUT2D eigenvalue weighted by atomic mass is 10.1. The van der Waals surface area contributed by atoms with Crippen LogP contribution in [0.25, 0.3) is 0 Å². The Morgan fingerprint density at radius 3 is 2.68 bits per heavy atom. The van der Waals surface area contributed by atoms with E-state index in [0.29, 0.717) is 6.54 Å². The number of amides is 1. The molecule has 1 unspecified atom stereocenters. The number of benzene rings is 2. The van der Waals surface area contributed by atoms with Gasteiger partial charge in [0, 0.05) is 18.1 Å². The third-order valence-electron chi connectivity index (χ3n) is 4.12. The molecular formula is C21H27NO2S. The van der Waals surface area contributed by atoms with Crippen LogP contribution in [0, 0.1) is 20.8 Å². The first-order valence-corrected chi connectivity index (χ1v) is 9.76. The molecule has 0 radical (unpaired) electrons. The zero-order chi connectivity index (χ0) is 18.2. The molecule has 0 saturated heterocycles. The van der Waals surface area contributed by atoms with Crippen LogP contribution in [0.4, 0.5) is 0 Å². The molecule has 1 N–H and O–H groups in total. The minimum Gasteiger partial charge on any atom is -0.481 e. The van der Waals surface area contributed by atoms with E-state index in [1.165, 1.54) is 11.1 Å². The summed E-state index contributed by atoms with van der Waals surface area (Å²) >= 11 is 1.82. The number of nitrogens with one attached hydrogen (secondary N) is 1. The van der Waals surface area contributed by atoms with E-state index in [-0.39, 0.29) is 5.91 Å². The standard InChI is InChI=1S/C21H27NO2S/c1-15-7-5-9-19(13-15)14-25-12-11-22-21(23)18(4)24-20-10-6-8-16(2)17(20)3/h5-10,13,18H,11-12,14H2,1-4H3,(H,22,23). The van der Waals surface area contributed by atoms with Crippen molar-refractivity contribution in [2.24, 2.45) is 0 Å². The van der Waals surface area contributed by atoms with Crippen LogP contribution >= 0.6 is 11.8 Å². The lowest BCUT2D eigenvalue weighted by Crippen LogP contribution is -2.37. The summed E-state index contributed by atoms with van der Waals surface area (Å²) in [5.74, 6) is 2.55. The minimum atomic E-state index is -0.498. The van der Waals surface area contributed by atoms with Crippen LogP contribution in [0.3, 0.4) is 0 Å². The van der Waals surface area contributed by atoms with E-state index in [1.54, 1.807) is 6.92 Å². The fourth-order valence-electron chi connectivity index (χ4n) is 2.48. The topological polar surface area (TPSA) is 38.3 Å². The molecule has 1 atom stereocenters. The van der Waals surface area contributed by atoms with Gasteiger partial charge in [-0.05, 0) is 50.5 Å². The van der Waals surface area contributed by atoms with E-state index in [9.17, 15) is 4.79 Å². The predicted octanol–water partition coefficient (Wildman–Crippen LogP) is 4.43. The van der Waals surface area contributed by atoms with Gasteiger partial charge < -0.3 is 10.1 Å². The number of thioether (sulfide) groups is 1. The summed E-state index contributed by atoms with van der Waals surface area (Å²) in [7, 11) is 0. The number of hydrogen-bond donors (Lipinski definition) is 1. The quantitative estimate of drug-likeness (QED) is 0.710. The summed E-state index contributed by atoms with van der Waals surface area (Å²) in [6.07, 6.45) is -0.498. The van der Waals surface area contributed by atoms with Crippen LogP contribution in [0.5, 0.6) is 5.75 Å². The highest BCUT2D eigenvalue weighted by Gasteiger charge is 2.15. The van der Waals surface area contributed by atoms with Crippen molar-refractivity contribution in [3.05, 3.63) is 64.7 Å². The van der Waals surface area contributed by atoms with Crippen LogP contribution in [-0.2, 0) is 10.5 Å². The maximum atomic E-state index is 12.2. The summed E-state index contributed by atoms with van der Waals surface area (Å²) < 4.78 is 5.81. The Kier molecular flexibility index (Phi) is 7.38. The average molecular weight is 358 g/mol. The van der Waals surface area contributed by atoms with Gasteiger partial charge in [-0.15, -0.1) is 0 Å². The number of hydrogen-bond acceptors (Lipinski definition) is 3. The molecular weight excluding hydrogens is 330 g/mol. The summed E-state index contributed by atoms with van der Waals surface area (Å²) in [5, 5.41) is 2.95. The van der Waals surface area contributed by atoms with Crippen molar-refractivity contribution in [3.8, 4) is 5.75 Å². The van der Waals surface area contributed by atoms with Gasteiger partial charge in [0.25, 0.3) is 5.91 Å². The molecule has 0 heterocycles. The van der Waals surface area contributed by atoms with E-state index in [4.69, 9.17) is 4.74 Å². The molecule has 4 heteroatoms. The number of carbonyl (C=O) groups excluding carboxylic acids is 1. The Bertz CT molecular complexity index is 715. The third kappa shape index (κ3) is 6.13. The van der Waals surface area contributed by atoms with E-state index >= 15 is 0 Å². The Labute approximate surface area is 155 Å². The molecule has 3 nitrogen and oxygen atoms in total. The smallest absolute Gasteiger partial charge is 0.260 e. The second-order valence-electron chi connectivity index (χ2n) is 6.29. The molecule has 0 fully saturated rings. The van der Waals surface area contributed by atoms with Crippen LogP contribution < -0.4 is 10.1 Å². The minimum absolute atomic E-state index is 0.0722. The normalized spacial score (nSPS) is 11.8. The van der Waals surface area contributed by atoms with Gasteiger partial charge in [-0.3, -0.25) is 4.79 Å². The molecule has 25 heavy (non-hydrogen) atoms. The summed E-state index contributed by atoms with van der Waals surface area (Å²) in [4.78, 5) is 12.2. The lowest BCUT2D eigenvalue weighted by Gasteiger charge is -2.17. The van der Waals surface area contributed by atoms with Gasteiger partial charge in [0.05, 0.1) is 0 Å². The molecule has 0 aromatic heterocycles. The third-order valence-corrected chi connectivity index (χ3v) is 5.16. The first kappa shape index (κ1) is 19.4. The predicted molar refractivity (Wildman–Crippen MR) is 106 cm³/mol. The second kappa shape index (κ2) is 9.52. The van der Waals surface area contributed by atoms with Gasteiger partial charge in [-0.25, -0.2) is 0 Å². The molecule has 0 aliphatic carbocycles. The number of rotatable bonds is 8. The van der Waals surface area contributed by atoms with Gasteiger partial charge in [0.1, 0.15) is 5.75 Å². The van der Waals surface area contributed by atoms with Gasteiger partial charge in [-0.1, -0.05) is 42.0 Å². The number of aryl methyl sites for hydroxylation is 2. The van der Waals surface area contributed by atoms with Crippen molar-refractivity contribution in [1.82, 2.24) is 5.32 Å². The van der Waals surface area contributed by atoms with E-state index < -0.39 is 6.10 Å². The first-order chi connectivity index (χ1) is 12.0. The van der Waals surface area contributed by atoms with Crippen molar-refractivity contribution in [2.75, 3.05) is 12.3 Å². The van der Waals surface area contributed by atoms with Crippen LogP contribution in [0.15, 0.2) is 42.5 Å². The molecule has 2 aromatic carbocycles. The zero-order valence-corrected chi connectivity index (χ0v) is 16.3. The van der Waals surface area contributed by atoms with Crippen molar-refractivity contribution < 1.29 is 9.53 Å². The Morgan fingerprint density at radius 2 is 1.92 bits per heavy atom. The van der Waals surface area contributed by atoms with Crippen molar-refractivity contribution >= 4 is 17.7 Å². The monoisotopic (exact) mass is 357 g/mol. The molecule has 1 amide bonds. The van der Waals surface area contributed by atoms with Gasteiger partial charge in [0.15, 0.2) is 6.10 Å². The average Bonchev–Trinajstić information content (AvgIpc) is 2.58. The van der Waals surface area contributed by atoms with E-state index in [0.717, 1.165) is 28.4 Å². The van der Waals surface area contributed by atoms with Crippen LogP contribution in [0.2, 0.25) is 0 Å². The second-order valence-corrected chi connectivity index (χ2v) is 7.40. The molecule has 2 aromatic rings. The summed E-state index contributed by atoms with van der Waals surface area (Å²) in [6.45, 7) is 8.59. The van der Waals surface area contributed by atoms with Crippen LogP contribution in [0.1, 0.15) is 29.2 Å². The highest BCUT2D eigenvalue weighted by atomic mass is 32.2. The highest BCUT2D eigenvalue weighted by molar-refractivity contribution is 7.98. The molecule has 0 aliphatic rings. The van der Waals surface area contributed by atoms with Crippen molar-refractivity contribution in [1.29, 1.82) is 0 Å². The maximum absolute atomic E-state index is 12.2. The molecule has 0 saturated carbocycles. The largest absolute Gasteiger partial charge is 0.481 e. The van der Waals surface area contributed by atoms with Gasteiger partial charge in [-0.2, -0.15) is 11.8 Å². The SMILES string of the molecule is Cc1cccc(CSCCNC(=O)C(C)Oc2cccc(C)c2C)c1. The molecule has 0 aliphatic heterocycles. The van der Waals surface area contributed by atoms with Gasteiger partial charge >= 0.3 is 0 Å². The fraction of sp³-hybridized carbons (Fsp3) is 0.381. The molecule has 2 rings (SSSR count).